The molecule has 2 rings (SSSR count). The van der Waals surface area contributed by atoms with Gasteiger partial charge in [-0.05, 0) is 36.4 Å². The van der Waals surface area contributed by atoms with Crippen LogP contribution >= 0.6 is 46.4 Å². The van der Waals surface area contributed by atoms with Gasteiger partial charge in [0.1, 0.15) is 36.9 Å². The summed E-state index contributed by atoms with van der Waals surface area (Å²) >= 11 is 23.8. The average molecular weight is 499 g/mol. The summed E-state index contributed by atoms with van der Waals surface area (Å²) in [4.78, 5) is 1.70. The van der Waals surface area contributed by atoms with E-state index in [2.05, 4.69) is 0 Å². The van der Waals surface area contributed by atoms with Gasteiger partial charge in [0.05, 0.1) is 16.7 Å². The molecule has 0 heterocycles. The van der Waals surface area contributed by atoms with Gasteiger partial charge in [0.15, 0.2) is 0 Å². The first-order valence-corrected chi connectivity index (χ1v) is 10.6. The first-order valence-electron chi connectivity index (χ1n) is 9.13. The zero-order valence-corrected chi connectivity index (χ0v) is 19.0. The molecule has 0 fully saturated rings. The third-order valence-corrected chi connectivity index (χ3v) is 5.07. The highest BCUT2D eigenvalue weighted by Crippen LogP contribution is 2.28. The van der Waals surface area contributed by atoms with Crippen LogP contribution in [0, 0.1) is 0 Å². The Morgan fingerprint density at radius 3 is 1.57 bits per heavy atom. The molecule has 2 atom stereocenters. The molecular weight excluding hydrogens is 476 g/mol. The van der Waals surface area contributed by atoms with E-state index < -0.39 is 12.2 Å². The molecule has 6 nitrogen and oxygen atoms in total. The summed E-state index contributed by atoms with van der Waals surface area (Å²) in [6.45, 7) is 0.437. The lowest BCUT2D eigenvalue weighted by Gasteiger charge is -2.26. The molecular formula is C20H23Cl4NO5. The second-order valence-corrected chi connectivity index (χ2v) is 8.25. The van der Waals surface area contributed by atoms with E-state index in [0.29, 0.717) is 31.6 Å². The fourth-order valence-corrected chi connectivity index (χ4v) is 3.58. The van der Waals surface area contributed by atoms with Crippen LogP contribution in [0.4, 0.5) is 0 Å². The second-order valence-electron chi connectivity index (χ2n) is 6.56. The van der Waals surface area contributed by atoms with Crippen LogP contribution in [0.2, 0.25) is 20.1 Å². The first kappa shape index (κ1) is 25.3. The predicted molar refractivity (Wildman–Crippen MR) is 119 cm³/mol. The van der Waals surface area contributed by atoms with Gasteiger partial charge in [-0.15, -0.1) is 0 Å². The Morgan fingerprint density at radius 1 is 0.767 bits per heavy atom. The summed E-state index contributed by atoms with van der Waals surface area (Å²) < 4.78 is 11.0. The topological polar surface area (TPSA) is 82.4 Å². The third-order valence-electron chi connectivity index (χ3n) is 4.00. The number of nitrogens with zero attached hydrogens (tertiary/aromatic N) is 1. The van der Waals surface area contributed by atoms with Crippen molar-refractivity contribution >= 4 is 46.4 Å². The lowest BCUT2D eigenvalue weighted by atomic mass is 10.2. The molecule has 0 aliphatic heterocycles. The van der Waals surface area contributed by atoms with Crippen LogP contribution in [0.25, 0.3) is 0 Å². The van der Waals surface area contributed by atoms with Crippen molar-refractivity contribution in [1.82, 2.24) is 4.90 Å². The number of halogens is 4. The van der Waals surface area contributed by atoms with E-state index in [-0.39, 0.29) is 39.5 Å². The van der Waals surface area contributed by atoms with Crippen molar-refractivity contribution in [2.45, 2.75) is 12.2 Å². The van der Waals surface area contributed by atoms with Crippen LogP contribution < -0.4 is 9.47 Å². The number of aliphatic hydroxyl groups excluding tert-OH is 3. The molecule has 0 bridgehead atoms. The molecule has 0 saturated heterocycles. The molecule has 30 heavy (non-hydrogen) atoms. The largest absolute Gasteiger partial charge is 0.489 e. The summed E-state index contributed by atoms with van der Waals surface area (Å²) in [5, 5.41) is 31.5. The minimum atomic E-state index is -0.873. The number of rotatable bonds is 12. The molecule has 3 N–H and O–H groups in total. The van der Waals surface area contributed by atoms with Gasteiger partial charge in [0, 0.05) is 29.7 Å². The summed E-state index contributed by atoms with van der Waals surface area (Å²) in [6.07, 6.45) is -1.75. The number of hydrogen-bond donors (Lipinski definition) is 3. The van der Waals surface area contributed by atoms with Crippen LogP contribution in [0.15, 0.2) is 36.4 Å². The highest BCUT2D eigenvalue weighted by molar-refractivity contribution is 6.36. The van der Waals surface area contributed by atoms with Gasteiger partial charge in [0.25, 0.3) is 0 Å². The van der Waals surface area contributed by atoms with Crippen molar-refractivity contribution in [3.05, 3.63) is 56.5 Å². The van der Waals surface area contributed by atoms with Gasteiger partial charge in [-0.1, -0.05) is 46.4 Å². The van der Waals surface area contributed by atoms with Crippen LogP contribution in [-0.4, -0.2) is 71.9 Å². The van der Waals surface area contributed by atoms with E-state index in [0.717, 1.165) is 0 Å². The Hall–Kier alpha value is -0.960. The maximum atomic E-state index is 10.3. The molecule has 0 radical (unpaired) electrons. The second kappa shape index (κ2) is 12.8. The standard InChI is InChI=1S/C20H23Cl4NO5/c21-13-1-3-19(17(23)7-13)29-11-15(27)9-25(5-6-26)10-16(28)12-30-20-4-2-14(22)8-18(20)24/h1-4,7-8,15-16,26-28H,5-6,9-12H2. The zero-order chi connectivity index (χ0) is 22.1. The lowest BCUT2D eigenvalue weighted by Crippen LogP contribution is -2.42. The van der Waals surface area contributed by atoms with Crippen LogP contribution in [-0.2, 0) is 0 Å². The van der Waals surface area contributed by atoms with Crippen LogP contribution in [0.3, 0.4) is 0 Å². The fourth-order valence-electron chi connectivity index (χ4n) is 2.66. The van der Waals surface area contributed by atoms with Crippen molar-refractivity contribution in [2.75, 3.05) is 39.5 Å². The Kier molecular flexibility index (Phi) is 10.8. The Balaban J connectivity index is 1.81. The van der Waals surface area contributed by atoms with E-state index in [1.807, 2.05) is 0 Å². The quantitative estimate of drug-likeness (QED) is 0.413. The molecule has 2 aromatic rings. The molecule has 0 saturated carbocycles. The van der Waals surface area contributed by atoms with Gasteiger partial charge in [-0.2, -0.15) is 0 Å². The number of aliphatic hydroxyl groups is 3. The molecule has 0 aliphatic carbocycles. The zero-order valence-electron chi connectivity index (χ0n) is 16.0. The van der Waals surface area contributed by atoms with Gasteiger partial charge >= 0.3 is 0 Å². The van der Waals surface area contributed by atoms with E-state index in [1.54, 1.807) is 41.3 Å². The van der Waals surface area contributed by atoms with E-state index in [9.17, 15) is 15.3 Å². The molecule has 0 aromatic heterocycles. The first-order chi connectivity index (χ1) is 14.3. The molecule has 0 aliphatic rings. The number of hydrogen-bond acceptors (Lipinski definition) is 6. The molecule has 0 spiro atoms. The average Bonchev–Trinajstić information content (AvgIpc) is 2.66. The Morgan fingerprint density at radius 2 is 1.20 bits per heavy atom. The minimum Gasteiger partial charge on any atom is -0.489 e. The summed E-state index contributed by atoms with van der Waals surface area (Å²) in [5.41, 5.74) is 0. The van der Waals surface area contributed by atoms with Gasteiger partial charge in [-0.25, -0.2) is 0 Å². The van der Waals surface area contributed by atoms with Crippen molar-refractivity contribution in [1.29, 1.82) is 0 Å². The van der Waals surface area contributed by atoms with Crippen LogP contribution in [0.1, 0.15) is 0 Å². The highest BCUT2D eigenvalue weighted by Gasteiger charge is 2.17. The maximum Gasteiger partial charge on any atom is 0.138 e. The van der Waals surface area contributed by atoms with E-state index in [4.69, 9.17) is 55.9 Å². The van der Waals surface area contributed by atoms with Crippen molar-refractivity contribution in [2.24, 2.45) is 0 Å². The molecule has 2 unspecified atom stereocenters. The van der Waals surface area contributed by atoms with Gasteiger partial charge < -0.3 is 24.8 Å². The van der Waals surface area contributed by atoms with E-state index in [1.165, 1.54) is 0 Å². The molecule has 10 heteroatoms. The molecule has 0 amide bonds. The molecule has 2 aromatic carbocycles. The monoisotopic (exact) mass is 497 g/mol. The van der Waals surface area contributed by atoms with Gasteiger partial charge in [-0.3, -0.25) is 4.90 Å². The smallest absolute Gasteiger partial charge is 0.138 e. The predicted octanol–water partition coefficient (Wildman–Crippen LogP) is 3.77. The van der Waals surface area contributed by atoms with Crippen molar-refractivity contribution in [3.63, 3.8) is 0 Å². The Bertz CT molecular complexity index is 747. The maximum absolute atomic E-state index is 10.3. The SMILES string of the molecule is OCCN(CC(O)COc1ccc(Cl)cc1Cl)CC(O)COc1ccc(Cl)cc1Cl. The third kappa shape index (κ3) is 8.65. The summed E-state index contributed by atoms with van der Waals surface area (Å²) in [5.74, 6) is 0.809. The normalized spacial score (nSPS) is 13.3. The minimum absolute atomic E-state index is 0.0176. The number of benzene rings is 2. The van der Waals surface area contributed by atoms with Gasteiger partial charge in [0.2, 0.25) is 0 Å². The van der Waals surface area contributed by atoms with E-state index >= 15 is 0 Å². The fraction of sp³-hybridized carbons (Fsp3) is 0.400. The van der Waals surface area contributed by atoms with Crippen LogP contribution in [0.5, 0.6) is 11.5 Å². The van der Waals surface area contributed by atoms with Crippen molar-refractivity contribution < 1.29 is 24.8 Å². The Labute approximate surface area is 195 Å². The summed E-state index contributed by atoms with van der Waals surface area (Å²) in [6, 6.07) is 9.60. The van der Waals surface area contributed by atoms with Crippen molar-refractivity contribution in [3.8, 4) is 11.5 Å². The molecule has 166 valence electrons. The number of ether oxygens (including phenoxy) is 2. The summed E-state index contributed by atoms with van der Waals surface area (Å²) in [7, 11) is 0. The highest BCUT2D eigenvalue weighted by atomic mass is 35.5. The lowest BCUT2D eigenvalue weighted by molar-refractivity contribution is 0.0256.